The molecule has 0 aliphatic heterocycles. The summed E-state index contributed by atoms with van der Waals surface area (Å²) in [6.07, 6.45) is 6.52. The summed E-state index contributed by atoms with van der Waals surface area (Å²) < 4.78 is 22.0. The van der Waals surface area contributed by atoms with Crippen LogP contribution in [-0.4, -0.2) is 33.2 Å². The smallest absolute Gasteiger partial charge is 0.189 e. The van der Waals surface area contributed by atoms with Crippen LogP contribution in [0.4, 0.5) is 0 Å². The van der Waals surface area contributed by atoms with Gasteiger partial charge >= 0.3 is 0 Å². The number of methoxy groups -OCH3 is 2. The van der Waals surface area contributed by atoms with Crippen molar-refractivity contribution in [3.8, 4) is 23.0 Å². The van der Waals surface area contributed by atoms with Crippen LogP contribution >= 0.6 is 0 Å². The number of ketones is 1. The number of allylic oxidation sites excluding steroid dienone is 1. The van der Waals surface area contributed by atoms with Crippen LogP contribution in [-0.2, 0) is 0 Å². The van der Waals surface area contributed by atoms with Crippen molar-refractivity contribution in [1.29, 1.82) is 0 Å². The third-order valence-electron chi connectivity index (χ3n) is 4.17. The molecule has 0 radical (unpaired) electrons. The normalized spacial score (nSPS) is 10.4. The molecule has 5 heteroatoms. The van der Waals surface area contributed by atoms with E-state index < -0.39 is 0 Å². The summed E-state index contributed by atoms with van der Waals surface area (Å²) in [5.74, 6) is 2.22. The molecule has 5 nitrogen and oxygen atoms in total. The first-order chi connectivity index (χ1) is 14.0. The number of carbonyl (C=O) groups excluding carboxylic acids is 1. The first-order valence-electron chi connectivity index (χ1n) is 9.11. The van der Waals surface area contributed by atoms with Crippen molar-refractivity contribution in [2.45, 2.75) is 6.92 Å². The second kappa shape index (κ2) is 10.8. The Labute approximate surface area is 171 Å². The minimum absolute atomic E-state index is 0.186. The molecule has 0 atom stereocenters. The second-order valence-electron chi connectivity index (χ2n) is 6.07. The molecule has 0 aliphatic carbocycles. The lowest BCUT2D eigenvalue weighted by atomic mass is 10.0. The van der Waals surface area contributed by atoms with Crippen LogP contribution in [0.1, 0.15) is 21.5 Å². The standard InChI is InChI=1S/C24H26O5/c1-6-14-28-19-10-8-18(23(16-19)29-15-7-2)9-12-21(25)20-11-13-22(26-4)17(3)24(20)27-5/h6-13,16H,1-2,14-15H2,3-5H3. The lowest BCUT2D eigenvalue weighted by Crippen LogP contribution is -2.02. The first-order valence-corrected chi connectivity index (χ1v) is 9.11. The summed E-state index contributed by atoms with van der Waals surface area (Å²) >= 11 is 0. The van der Waals surface area contributed by atoms with Gasteiger partial charge in [0.15, 0.2) is 5.78 Å². The van der Waals surface area contributed by atoms with Crippen LogP contribution in [0.2, 0.25) is 0 Å². The van der Waals surface area contributed by atoms with E-state index in [1.54, 1.807) is 43.5 Å². The molecular weight excluding hydrogens is 368 g/mol. The highest BCUT2D eigenvalue weighted by atomic mass is 16.5. The Hall–Kier alpha value is -3.47. The van der Waals surface area contributed by atoms with Crippen LogP contribution in [0.25, 0.3) is 6.08 Å². The third kappa shape index (κ3) is 5.51. The fourth-order valence-electron chi connectivity index (χ4n) is 2.78. The molecule has 2 rings (SSSR count). The molecular formula is C24H26O5. The highest BCUT2D eigenvalue weighted by Crippen LogP contribution is 2.32. The molecule has 0 amide bonds. The van der Waals surface area contributed by atoms with Gasteiger partial charge in [0.25, 0.3) is 0 Å². The van der Waals surface area contributed by atoms with Crippen LogP contribution in [0.5, 0.6) is 23.0 Å². The van der Waals surface area contributed by atoms with E-state index in [9.17, 15) is 4.79 Å². The molecule has 0 unspecified atom stereocenters. The molecule has 2 aromatic rings. The molecule has 2 aromatic carbocycles. The van der Waals surface area contributed by atoms with E-state index in [1.165, 1.54) is 13.2 Å². The number of ether oxygens (including phenoxy) is 4. The maximum atomic E-state index is 12.8. The second-order valence-corrected chi connectivity index (χ2v) is 6.07. The Morgan fingerprint density at radius 2 is 1.69 bits per heavy atom. The van der Waals surface area contributed by atoms with E-state index in [1.807, 2.05) is 19.1 Å². The van der Waals surface area contributed by atoms with Crippen molar-refractivity contribution >= 4 is 11.9 Å². The molecule has 0 aromatic heterocycles. The SMILES string of the molecule is C=CCOc1ccc(C=CC(=O)c2ccc(OC)c(C)c2OC)c(OCC=C)c1. The average molecular weight is 394 g/mol. The van der Waals surface area contributed by atoms with Crippen molar-refractivity contribution < 1.29 is 23.7 Å². The van der Waals surface area contributed by atoms with Gasteiger partial charge in [-0.2, -0.15) is 0 Å². The highest BCUT2D eigenvalue weighted by molar-refractivity contribution is 6.09. The average Bonchev–Trinajstić information content (AvgIpc) is 2.74. The quantitative estimate of drug-likeness (QED) is 0.304. The topological polar surface area (TPSA) is 54.0 Å². The molecule has 0 heterocycles. The van der Waals surface area contributed by atoms with Gasteiger partial charge in [0.1, 0.15) is 36.2 Å². The van der Waals surface area contributed by atoms with Crippen LogP contribution in [0, 0.1) is 6.92 Å². The van der Waals surface area contributed by atoms with Crippen molar-refractivity contribution in [2.75, 3.05) is 27.4 Å². The Bertz CT molecular complexity index is 912. The summed E-state index contributed by atoms with van der Waals surface area (Å²) in [4.78, 5) is 12.8. The zero-order chi connectivity index (χ0) is 21.2. The van der Waals surface area contributed by atoms with E-state index in [0.29, 0.717) is 41.8 Å². The predicted octanol–water partition coefficient (Wildman–Crippen LogP) is 5.04. The van der Waals surface area contributed by atoms with E-state index in [4.69, 9.17) is 18.9 Å². The zero-order valence-electron chi connectivity index (χ0n) is 17.1. The van der Waals surface area contributed by atoms with Gasteiger partial charge < -0.3 is 18.9 Å². The molecule has 0 fully saturated rings. The minimum atomic E-state index is -0.186. The van der Waals surface area contributed by atoms with Gasteiger partial charge in [-0.15, -0.1) is 0 Å². The van der Waals surface area contributed by atoms with Crippen LogP contribution in [0.15, 0.2) is 61.7 Å². The largest absolute Gasteiger partial charge is 0.496 e. The lowest BCUT2D eigenvalue weighted by molar-refractivity contribution is 0.104. The predicted molar refractivity (Wildman–Crippen MR) is 115 cm³/mol. The van der Waals surface area contributed by atoms with E-state index in [-0.39, 0.29) is 5.78 Å². The van der Waals surface area contributed by atoms with Gasteiger partial charge in [-0.1, -0.05) is 25.3 Å². The number of carbonyl (C=O) groups is 1. The van der Waals surface area contributed by atoms with Gasteiger partial charge in [-0.3, -0.25) is 4.79 Å². The molecule has 0 N–H and O–H groups in total. The van der Waals surface area contributed by atoms with Crippen LogP contribution < -0.4 is 18.9 Å². The molecule has 0 spiro atoms. The van der Waals surface area contributed by atoms with E-state index in [0.717, 1.165) is 11.1 Å². The van der Waals surface area contributed by atoms with Gasteiger partial charge in [0.05, 0.1) is 19.8 Å². The zero-order valence-corrected chi connectivity index (χ0v) is 17.1. The molecule has 152 valence electrons. The lowest BCUT2D eigenvalue weighted by Gasteiger charge is -2.13. The maximum absolute atomic E-state index is 12.8. The van der Waals surface area contributed by atoms with Crippen molar-refractivity contribution in [3.05, 3.63) is 78.4 Å². The Balaban J connectivity index is 2.32. The highest BCUT2D eigenvalue weighted by Gasteiger charge is 2.15. The van der Waals surface area contributed by atoms with Gasteiger partial charge in [0, 0.05) is 17.2 Å². The van der Waals surface area contributed by atoms with Gasteiger partial charge in [0.2, 0.25) is 0 Å². The van der Waals surface area contributed by atoms with Crippen molar-refractivity contribution in [3.63, 3.8) is 0 Å². The monoisotopic (exact) mass is 394 g/mol. The fraction of sp³-hybridized carbons (Fsp3) is 0.208. The van der Waals surface area contributed by atoms with E-state index in [2.05, 4.69) is 13.2 Å². The molecule has 0 saturated heterocycles. The Kier molecular flexibility index (Phi) is 8.10. The Morgan fingerprint density at radius 3 is 2.34 bits per heavy atom. The summed E-state index contributed by atoms with van der Waals surface area (Å²) in [6, 6.07) is 8.86. The summed E-state index contributed by atoms with van der Waals surface area (Å²) in [5, 5.41) is 0. The van der Waals surface area contributed by atoms with Gasteiger partial charge in [-0.25, -0.2) is 0 Å². The summed E-state index contributed by atoms with van der Waals surface area (Å²) in [5.41, 5.74) is 1.98. The Morgan fingerprint density at radius 1 is 0.966 bits per heavy atom. The number of benzene rings is 2. The van der Waals surface area contributed by atoms with Crippen molar-refractivity contribution in [2.24, 2.45) is 0 Å². The molecule has 0 saturated carbocycles. The molecule has 0 bridgehead atoms. The first kappa shape index (κ1) is 21.8. The number of hydrogen-bond donors (Lipinski definition) is 0. The van der Waals surface area contributed by atoms with E-state index >= 15 is 0 Å². The molecule has 29 heavy (non-hydrogen) atoms. The van der Waals surface area contributed by atoms with Crippen molar-refractivity contribution in [1.82, 2.24) is 0 Å². The number of rotatable bonds is 11. The fourth-order valence-corrected chi connectivity index (χ4v) is 2.78. The minimum Gasteiger partial charge on any atom is -0.496 e. The number of hydrogen-bond acceptors (Lipinski definition) is 5. The van der Waals surface area contributed by atoms with Gasteiger partial charge in [-0.05, 0) is 43.3 Å². The summed E-state index contributed by atoms with van der Waals surface area (Å²) in [6.45, 7) is 9.89. The maximum Gasteiger partial charge on any atom is 0.189 e. The van der Waals surface area contributed by atoms with Crippen LogP contribution in [0.3, 0.4) is 0 Å². The molecule has 0 aliphatic rings. The summed E-state index contributed by atoms with van der Waals surface area (Å²) in [7, 11) is 3.11. The third-order valence-corrected chi connectivity index (χ3v) is 4.17.